The molecule has 0 bridgehead atoms. The van der Waals surface area contributed by atoms with Crippen LogP contribution in [0.3, 0.4) is 0 Å². The van der Waals surface area contributed by atoms with Crippen LogP contribution in [0.1, 0.15) is 23.2 Å². The maximum absolute atomic E-state index is 11.7. The number of amides is 2. The molecule has 112 valence electrons. The molecule has 0 aromatic heterocycles. The smallest absolute Gasteiger partial charge is 0.269 e. The first kappa shape index (κ1) is 14.0. The molecule has 6 nitrogen and oxygen atoms in total. The van der Waals surface area contributed by atoms with E-state index >= 15 is 0 Å². The van der Waals surface area contributed by atoms with Gasteiger partial charge in [0.25, 0.3) is 11.8 Å². The number of carbonyl (C=O) groups is 2. The molecule has 6 heteroatoms. The average Bonchev–Trinajstić information content (AvgIpc) is 3.28. The first-order valence-corrected chi connectivity index (χ1v) is 7.16. The first-order valence-electron chi connectivity index (χ1n) is 7.16. The van der Waals surface area contributed by atoms with Gasteiger partial charge in [0.2, 0.25) is 0 Å². The number of likely N-dealkylation sites (tertiary alicyclic amines) is 1. The molecule has 1 aliphatic heterocycles. The van der Waals surface area contributed by atoms with Gasteiger partial charge in [-0.3, -0.25) is 25.3 Å². The number of β-amino-alcohol motifs (C(OH)–C–C–N with tert-alkyl or cyclic N) is 1. The van der Waals surface area contributed by atoms with Crippen LogP contribution in [0.5, 0.6) is 0 Å². The minimum absolute atomic E-state index is 0.185. The van der Waals surface area contributed by atoms with E-state index in [0.29, 0.717) is 24.6 Å². The molecule has 2 amide bonds. The fourth-order valence-corrected chi connectivity index (χ4v) is 2.75. The fraction of sp³-hybridized carbons (Fsp3) is 0.467. The maximum atomic E-state index is 11.7. The lowest BCUT2D eigenvalue weighted by Gasteiger charge is -2.46. The fourth-order valence-electron chi connectivity index (χ4n) is 2.75. The van der Waals surface area contributed by atoms with Crippen molar-refractivity contribution in [3.63, 3.8) is 0 Å². The van der Waals surface area contributed by atoms with E-state index in [1.165, 1.54) is 0 Å². The van der Waals surface area contributed by atoms with Crippen molar-refractivity contribution < 1.29 is 14.7 Å². The van der Waals surface area contributed by atoms with E-state index in [0.717, 1.165) is 12.8 Å². The number of rotatable bonds is 4. The van der Waals surface area contributed by atoms with Crippen molar-refractivity contribution in [3.8, 4) is 0 Å². The summed E-state index contributed by atoms with van der Waals surface area (Å²) >= 11 is 0. The van der Waals surface area contributed by atoms with Gasteiger partial charge >= 0.3 is 0 Å². The summed E-state index contributed by atoms with van der Waals surface area (Å²) in [6.07, 6.45) is 2.17. The monoisotopic (exact) mass is 289 g/mol. The summed E-state index contributed by atoms with van der Waals surface area (Å²) in [5.74, 6) is -0.214. The van der Waals surface area contributed by atoms with Gasteiger partial charge in [0.1, 0.15) is 0 Å². The van der Waals surface area contributed by atoms with Crippen molar-refractivity contribution in [1.82, 2.24) is 15.8 Å². The molecule has 21 heavy (non-hydrogen) atoms. The summed E-state index contributed by atoms with van der Waals surface area (Å²) in [7, 11) is 0. The summed E-state index contributed by atoms with van der Waals surface area (Å²) < 4.78 is 0. The third-order valence-corrected chi connectivity index (χ3v) is 4.05. The molecule has 0 atom stereocenters. The van der Waals surface area contributed by atoms with Gasteiger partial charge in [-0.2, -0.15) is 0 Å². The SMILES string of the molecule is O=C(CN1CC(O)(C2CC2)C1)NNC(=O)c1ccccc1. The number of hydrazine groups is 1. The van der Waals surface area contributed by atoms with E-state index in [9.17, 15) is 14.7 Å². The minimum atomic E-state index is -0.590. The molecule has 1 aromatic rings. The number of carbonyl (C=O) groups excluding carboxylic acids is 2. The number of benzene rings is 1. The van der Waals surface area contributed by atoms with E-state index < -0.39 is 5.60 Å². The maximum Gasteiger partial charge on any atom is 0.269 e. The molecular formula is C15H19N3O3. The van der Waals surface area contributed by atoms with Gasteiger partial charge in [0, 0.05) is 18.7 Å². The van der Waals surface area contributed by atoms with E-state index in [-0.39, 0.29) is 18.4 Å². The second-order valence-corrected chi connectivity index (χ2v) is 5.89. The Hall–Kier alpha value is -1.92. The van der Waals surface area contributed by atoms with Crippen molar-refractivity contribution in [2.75, 3.05) is 19.6 Å². The van der Waals surface area contributed by atoms with E-state index in [4.69, 9.17) is 0 Å². The Balaban J connectivity index is 1.38. The standard InChI is InChI=1S/C15H19N3O3/c19-13(8-18-9-15(21,10-18)12-6-7-12)16-17-14(20)11-4-2-1-3-5-11/h1-5,12,21H,6-10H2,(H,16,19)(H,17,20). The third kappa shape index (κ3) is 3.22. The Bertz CT molecular complexity index is 536. The van der Waals surface area contributed by atoms with Crippen molar-refractivity contribution in [2.24, 2.45) is 5.92 Å². The van der Waals surface area contributed by atoms with Crippen molar-refractivity contribution in [2.45, 2.75) is 18.4 Å². The van der Waals surface area contributed by atoms with Crippen LogP contribution in [0.4, 0.5) is 0 Å². The van der Waals surface area contributed by atoms with E-state index in [1.807, 2.05) is 11.0 Å². The topological polar surface area (TPSA) is 81.7 Å². The van der Waals surface area contributed by atoms with E-state index in [2.05, 4.69) is 10.9 Å². The minimum Gasteiger partial charge on any atom is -0.387 e. The molecule has 3 rings (SSSR count). The van der Waals surface area contributed by atoms with Crippen molar-refractivity contribution >= 4 is 11.8 Å². The van der Waals surface area contributed by atoms with Gasteiger partial charge in [0.15, 0.2) is 0 Å². The Morgan fingerprint density at radius 2 is 1.86 bits per heavy atom. The highest BCUT2D eigenvalue weighted by Gasteiger charge is 2.51. The third-order valence-electron chi connectivity index (χ3n) is 4.05. The van der Waals surface area contributed by atoms with Crippen LogP contribution >= 0.6 is 0 Å². The molecule has 0 radical (unpaired) electrons. The zero-order valence-corrected chi connectivity index (χ0v) is 11.7. The van der Waals surface area contributed by atoms with Crippen molar-refractivity contribution in [1.29, 1.82) is 0 Å². The van der Waals surface area contributed by atoms with Gasteiger partial charge in [-0.05, 0) is 30.9 Å². The first-order chi connectivity index (χ1) is 10.1. The summed E-state index contributed by atoms with van der Waals surface area (Å²) in [6.45, 7) is 1.26. The summed E-state index contributed by atoms with van der Waals surface area (Å²) in [5, 5.41) is 10.2. The van der Waals surface area contributed by atoms with Gasteiger partial charge in [-0.15, -0.1) is 0 Å². The second-order valence-electron chi connectivity index (χ2n) is 5.89. The highest BCUT2D eigenvalue weighted by molar-refractivity contribution is 5.95. The van der Waals surface area contributed by atoms with Crippen LogP contribution in [0.25, 0.3) is 0 Å². The Morgan fingerprint density at radius 1 is 1.19 bits per heavy atom. The van der Waals surface area contributed by atoms with Gasteiger partial charge < -0.3 is 5.11 Å². The number of aliphatic hydroxyl groups is 1. The predicted molar refractivity (Wildman–Crippen MR) is 76.2 cm³/mol. The van der Waals surface area contributed by atoms with Crippen LogP contribution in [-0.2, 0) is 4.79 Å². The lowest BCUT2D eigenvalue weighted by molar-refractivity contribution is -0.137. The normalized spacial score (nSPS) is 20.4. The molecule has 1 saturated heterocycles. The average molecular weight is 289 g/mol. The van der Waals surface area contributed by atoms with Crippen LogP contribution in [0.2, 0.25) is 0 Å². The number of nitrogens with zero attached hydrogens (tertiary/aromatic N) is 1. The molecular weight excluding hydrogens is 270 g/mol. The summed E-state index contributed by atoms with van der Waals surface area (Å²) in [4.78, 5) is 25.3. The zero-order valence-electron chi connectivity index (χ0n) is 11.7. The molecule has 1 aromatic carbocycles. The van der Waals surface area contributed by atoms with Gasteiger partial charge in [-0.1, -0.05) is 18.2 Å². The zero-order chi connectivity index (χ0) is 14.9. The largest absolute Gasteiger partial charge is 0.387 e. The summed E-state index contributed by atoms with van der Waals surface area (Å²) in [6, 6.07) is 8.69. The predicted octanol–water partition coefficient (Wildman–Crippen LogP) is -0.0957. The van der Waals surface area contributed by atoms with Gasteiger partial charge in [0.05, 0.1) is 12.1 Å². The molecule has 2 fully saturated rings. The Labute approximate surface area is 123 Å². The molecule has 0 spiro atoms. The molecule has 1 aliphatic carbocycles. The highest BCUT2D eigenvalue weighted by Crippen LogP contribution is 2.44. The Kier molecular flexibility index (Phi) is 3.65. The lowest BCUT2D eigenvalue weighted by Crippen LogP contribution is -2.65. The molecule has 0 unspecified atom stereocenters. The molecule has 3 N–H and O–H groups in total. The van der Waals surface area contributed by atoms with Crippen LogP contribution < -0.4 is 10.9 Å². The van der Waals surface area contributed by atoms with E-state index in [1.54, 1.807) is 24.3 Å². The van der Waals surface area contributed by atoms with Crippen LogP contribution in [0.15, 0.2) is 30.3 Å². The van der Waals surface area contributed by atoms with Crippen molar-refractivity contribution in [3.05, 3.63) is 35.9 Å². The van der Waals surface area contributed by atoms with Gasteiger partial charge in [-0.25, -0.2) is 0 Å². The van der Waals surface area contributed by atoms with Crippen LogP contribution in [0, 0.1) is 5.92 Å². The quantitative estimate of drug-likeness (QED) is 0.676. The molecule has 1 heterocycles. The lowest BCUT2D eigenvalue weighted by atomic mass is 9.89. The van der Waals surface area contributed by atoms with Crippen LogP contribution in [-0.4, -0.2) is 47.1 Å². The summed E-state index contributed by atoms with van der Waals surface area (Å²) in [5.41, 5.74) is 4.67. The highest BCUT2D eigenvalue weighted by atomic mass is 16.3. The molecule has 2 aliphatic rings. The second kappa shape index (κ2) is 5.46. The molecule has 1 saturated carbocycles. The number of nitrogens with one attached hydrogen (secondary N) is 2. The number of hydrogen-bond acceptors (Lipinski definition) is 4. The number of hydrogen-bond donors (Lipinski definition) is 3. The Morgan fingerprint density at radius 3 is 2.48 bits per heavy atom.